The van der Waals surface area contributed by atoms with Crippen LogP contribution in [-0.4, -0.2) is 12.6 Å². The molecule has 0 unspecified atom stereocenters. The van der Waals surface area contributed by atoms with Gasteiger partial charge in [-0.3, -0.25) is 0 Å². The second-order valence-corrected chi connectivity index (χ2v) is 5.95. The number of alkyl halides is 3. The topological polar surface area (TPSA) is 9.23 Å². The number of hydrogen-bond acceptors (Lipinski definition) is 2. The molecule has 0 fully saturated rings. The number of ether oxygens (including phenoxy) is 1. The molecule has 0 aliphatic heterocycles. The van der Waals surface area contributed by atoms with Crippen LogP contribution in [0.2, 0.25) is 0 Å². The van der Waals surface area contributed by atoms with Gasteiger partial charge in [0.2, 0.25) is 0 Å². The lowest BCUT2D eigenvalue weighted by Gasteiger charge is -2.12. The molecule has 0 aromatic heterocycles. The molecule has 15 heavy (non-hydrogen) atoms. The molecule has 1 rings (SSSR count). The van der Waals surface area contributed by atoms with E-state index in [1.54, 1.807) is 12.1 Å². The minimum absolute atomic E-state index is 0.117. The summed E-state index contributed by atoms with van der Waals surface area (Å²) < 4.78 is 43.0. The third-order valence-corrected chi connectivity index (χ3v) is 4.11. The Morgan fingerprint density at radius 2 is 1.87 bits per heavy atom. The fraction of sp³-hybridized carbons (Fsp3) is 0.250. The average Bonchev–Trinajstić information content (AvgIpc) is 2.07. The van der Waals surface area contributed by atoms with Gasteiger partial charge in [0.1, 0.15) is 5.75 Å². The van der Waals surface area contributed by atoms with E-state index >= 15 is 0 Å². The van der Waals surface area contributed by atoms with Crippen molar-refractivity contribution in [2.45, 2.75) is 10.4 Å². The first-order valence-corrected chi connectivity index (χ1v) is 6.59. The third kappa shape index (κ3) is 4.17. The fourth-order valence-corrected chi connectivity index (χ4v) is 3.66. The first-order chi connectivity index (χ1) is 6.83. The van der Waals surface area contributed by atoms with Crippen molar-refractivity contribution in [2.24, 2.45) is 0 Å². The maximum absolute atomic E-state index is 12.2. The molecule has 0 spiro atoms. The average molecular weight is 460 g/mol. The molecule has 1 nitrogen and oxygen atoms in total. The molecule has 0 aliphatic rings. The van der Waals surface area contributed by atoms with E-state index in [4.69, 9.17) is 4.74 Å². The van der Waals surface area contributed by atoms with Gasteiger partial charge >= 0.3 is 5.51 Å². The van der Waals surface area contributed by atoms with E-state index in [0.29, 0.717) is 3.57 Å². The predicted molar refractivity (Wildman–Crippen MR) is 70.3 cm³/mol. The largest absolute Gasteiger partial charge is 0.496 e. The minimum Gasteiger partial charge on any atom is -0.496 e. The Hall–Kier alpha value is 0.620. The highest BCUT2D eigenvalue weighted by molar-refractivity contribution is 14.1. The zero-order valence-corrected chi connectivity index (χ0v) is 12.5. The summed E-state index contributed by atoms with van der Waals surface area (Å²) in [6, 6.07) is 3.26. The quantitative estimate of drug-likeness (QED) is 0.475. The second-order valence-electron chi connectivity index (χ2n) is 2.47. The van der Waals surface area contributed by atoms with E-state index in [2.05, 4.69) is 0 Å². The van der Waals surface area contributed by atoms with Crippen LogP contribution in [0, 0.1) is 7.14 Å². The maximum Gasteiger partial charge on any atom is 0.446 e. The molecule has 84 valence electrons. The molecule has 1 aromatic rings. The molecule has 0 saturated heterocycles. The number of methoxy groups -OCH3 is 1. The SMILES string of the molecule is COc1cc(I)cc(I)c1SC(F)(F)F. The summed E-state index contributed by atoms with van der Waals surface area (Å²) in [5, 5.41) is 0. The van der Waals surface area contributed by atoms with Crippen LogP contribution in [0.15, 0.2) is 17.0 Å². The molecule has 0 atom stereocenters. The predicted octanol–water partition coefficient (Wildman–Crippen LogP) is 4.52. The smallest absolute Gasteiger partial charge is 0.446 e. The monoisotopic (exact) mass is 460 g/mol. The number of rotatable bonds is 2. The summed E-state index contributed by atoms with van der Waals surface area (Å²) in [5.41, 5.74) is -4.29. The molecule has 0 heterocycles. The number of hydrogen-bond donors (Lipinski definition) is 0. The van der Waals surface area contributed by atoms with Crippen molar-refractivity contribution >= 4 is 56.9 Å². The lowest BCUT2D eigenvalue weighted by molar-refractivity contribution is -0.0329. The van der Waals surface area contributed by atoms with Gasteiger partial charge < -0.3 is 4.74 Å². The Bertz CT molecular complexity index is 368. The van der Waals surface area contributed by atoms with Crippen LogP contribution in [0.4, 0.5) is 13.2 Å². The lowest BCUT2D eigenvalue weighted by atomic mass is 10.3. The van der Waals surface area contributed by atoms with Gasteiger partial charge in [-0.25, -0.2) is 0 Å². The van der Waals surface area contributed by atoms with Crippen LogP contribution >= 0.6 is 56.9 Å². The summed E-state index contributed by atoms with van der Waals surface area (Å²) in [4.78, 5) is 0.117. The molecule has 0 radical (unpaired) electrons. The Balaban J connectivity index is 3.15. The summed E-state index contributed by atoms with van der Waals surface area (Å²) in [6.45, 7) is 0. The molecule has 0 bridgehead atoms. The van der Waals surface area contributed by atoms with Gasteiger partial charge in [0.05, 0.1) is 12.0 Å². The van der Waals surface area contributed by atoms with Gasteiger partial charge in [0, 0.05) is 7.14 Å². The van der Waals surface area contributed by atoms with Gasteiger partial charge in [-0.05, 0) is 69.1 Å². The Labute approximate surface area is 116 Å². The molecule has 7 heteroatoms. The van der Waals surface area contributed by atoms with Gasteiger partial charge in [-0.2, -0.15) is 13.2 Å². The van der Waals surface area contributed by atoms with Crippen LogP contribution in [0.25, 0.3) is 0 Å². The van der Waals surface area contributed by atoms with E-state index < -0.39 is 5.51 Å². The van der Waals surface area contributed by atoms with Gasteiger partial charge in [0.15, 0.2) is 0 Å². The van der Waals surface area contributed by atoms with Gasteiger partial charge in [-0.15, -0.1) is 0 Å². The van der Waals surface area contributed by atoms with E-state index in [9.17, 15) is 13.2 Å². The number of halogens is 5. The molecule has 1 aromatic carbocycles. The van der Waals surface area contributed by atoms with E-state index in [-0.39, 0.29) is 22.4 Å². The van der Waals surface area contributed by atoms with E-state index in [1.807, 2.05) is 45.2 Å². The van der Waals surface area contributed by atoms with Crippen molar-refractivity contribution < 1.29 is 17.9 Å². The molecular formula is C8H5F3I2OS. The zero-order chi connectivity index (χ0) is 11.6. The first-order valence-electron chi connectivity index (χ1n) is 3.62. The Morgan fingerprint density at radius 1 is 1.27 bits per heavy atom. The highest BCUT2D eigenvalue weighted by Crippen LogP contribution is 2.44. The van der Waals surface area contributed by atoms with Crippen LogP contribution in [0.3, 0.4) is 0 Å². The zero-order valence-electron chi connectivity index (χ0n) is 7.36. The van der Waals surface area contributed by atoms with Crippen LogP contribution in [0.5, 0.6) is 5.75 Å². The van der Waals surface area contributed by atoms with Crippen LogP contribution in [-0.2, 0) is 0 Å². The van der Waals surface area contributed by atoms with Gasteiger partial charge in [-0.1, -0.05) is 0 Å². The molecule has 0 saturated carbocycles. The first kappa shape index (κ1) is 13.7. The number of benzene rings is 1. The van der Waals surface area contributed by atoms with Crippen molar-refractivity contribution in [2.75, 3.05) is 7.11 Å². The van der Waals surface area contributed by atoms with Crippen molar-refractivity contribution in [1.29, 1.82) is 0 Å². The van der Waals surface area contributed by atoms with Crippen molar-refractivity contribution in [3.63, 3.8) is 0 Å². The number of thioether (sulfide) groups is 1. The molecule has 0 aliphatic carbocycles. The van der Waals surface area contributed by atoms with E-state index in [0.717, 1.165) is 3.57 Å². The van der Waals surface area contributed by atoms with Gasteiger partial charge in [0.25, 0.3) is 0 Å². The summed E-state index contributed by atoms with van der Waals surface area (Å²) in [7, 11) is 1.36. The summed E-state index contributed by atoms with van der Waals surface area (Å²) in [5.74, 6) is 0.258. The van der Waals surface area contributed by atoms with Crippen LogP contribution < -0.4 is 4.74 Å². The maximum atomic E-state index is 12.2. The standard InChI is InChI=1S/C8H5F3I2OS/c1-14-6-3-4(12)2-5(13)7(6)15-8(9,10)11/h2-3H,1H3. The van der Waals surface area contributed by atoms with E-state index in [1.165, 1.54) is 7.11 Å². The van der Waals surface area contributed by atoms with Crippen molar-refractivity contribution in [3.05, 3.63) is 19.3 Å². The van der Waals surface area contributed by atoms with Crippen LogP contribution in [0.1, 0.15) is 0 Å². The molecule has 0 amide bonds. The Morgan fingerprint density at radius 3 is 2.33 bits per heavy atom. The minimum atomic E-state index is -4.29. The summed E-state index contributed by atoms with van der Waals surface area (Å²) in [6.07, 6.45) is 0. The van der Waals surface area contributed by atoms with Crippen molar-refractivity contribution in [1.82, 2.24) is 0 Å². The lowest BCUT2D eigenvalue weighted by Crippen LogP contribution is -2.02. The second kappa shape index (κ2) is 5.30. The molecule has 0 N–H and O–H groups in total. The Kier molecular flexibility index (Phi) is 4.84. The highest BCUT2D eigenvalue weighted by Gasteiger charge is 2.32. The summed E-state index contributed by atoms with van der Waals surface area (Å²) >= 11 is 3.75. The third-order valence-electron chi connectivity index (χ3n) is 1.41. The normalized spacial score (nSPS) is 11.6. The van der Waals surface area contributed by atoms with Crippen molar-refractivity contribution in [3.8, 4) is 5.75 Å². The fourth-order valence-electron chi connectivity index (χ4n) is 0.903. The molecular weight excluding hydrogens is 455 g/mol. The highest BCUT2D eigenvalue weighted by atomic mass is 127.